The first-order chi connectivity index (χ1) is 17.9. The van der Waals surface area contributed by atoms with Crippen LogP contribution in [0.25, 0.3) is 10.9 Å². The molecular weight excluding hydrogens is 474 g/mol. The number of rotatable bonds is 4. The number of aryl methyl sites for hydroxylation is 1. The summed E-state index contributed by atoms with van der Waals surface area (Å²) in [5.74, 6) is -0.126. The summed E-state index contributed by atoms with van der Waals surface area (Å²) in [5.41, 5.74) is 0.910. The van der Waals surface area contributed by atoms with Gasteiger partial charge in [-0.2, -0.15) is 5.26 Å². The fourth-order valence-corrected chi connectivity index (χ4v) is 4.97. The summed E-state index contributed by atoms with van der Waals surface area (Å²) in [4.78, 5) is 61.4. The number of piperidine rings is 2. The molecule has 2 aromatic heterocycles. The van der Waals surface area contributed by atoms with Gasteiger partial charge >= 0.3 is 0 Å². The van der Waals surface area contributed by atoms with Gasteiger partial charge in [0.1, 0.15) is 29.3 Å². The van der Waals surface area contributed by atoms with Crippen molar-refractivity contribution < 1.29 is 14.4 Å². The number of benzene rings is 1. The molecule has 1 unspecified atom stereocenters. The Morgan fingerprint density at radius 2 is 1.92 bits per heavy atom. The quantitative estimate of drug-likeness (QED) is 0.516. The summed E-state index contributed by atoms with van der Waals surface area (Å²) < 4.78 is 1.32. The molecule has 3 aromatic rings. The zero-order valence-corrected chi connectivity index (χ0v) is 20.2. The van der Waals surface area contributed by atoms with Crippen LogP contribution in [-0.4, -0.2) is 45.3 Å². The first-order valence-corrected chi connectivity index (χ1v) is 12.1. The van der Waals surface area contributed by atoms with Crippen LogP contribution in [0, 0.1) is 24.2 Å². The highest BCUT2D eigenvalue weighted by atomic mass is 16.2. The van der Waals surface area contributed by atoms with E-state index >= 15 is 0 Å². The molecule has 0 saturated carbocycles. The Morgan fingerprint density at radius 3 is 2.59 bits per heavy atom. The summed E-state index contributed by atoms with van der Waals surface area (Å²) in [6, 6.07) is 9.78. The van der Waals surface area contributed by atoms with Gasteiger partial charge in [-0.25, -0.2) is 9.97 Å². The van der Waals surface area contributed by atoms with Crippen LogP contribution in [-0.2, 0) is 14.4 Å². The van der Waals surface area contributed by atoms with Crippen molar-refractivity contribution in [3.05, 3.63) is 58.3 Å². The fourth-order valence-electron chi connectivity index (χ4n) is 4.97. The number of imide groups is 1. The molecule has 2 aliphatic heterocycles. The number of hydrogen-bond acceptors (Lipinski definition) is 8. The number of nitrogens with one attached hydrogen (secondary N) is 2. The molecule has 1 aromatic carbocycles. The number of nitrogens with zero attached hydrogens (tertiary/aromatic N) is 5. The van der Waals surface area contributed by atoms with E-state index < -0.39 is 17.5 Å². The lowest BCUT2D eigenvalue weighted by molar-refractivity contribution is -0.135. The van der Waals surface area contributed by atoms with E-state index in [0.29, 0.717) is 48.5 Å². The average molecular weight is 500 g/mol. The predicted octanol–water partition coefficient (Wildman–Crippen LogP) is 1.80. The van der Waals surface area contributed by atoms with Gasteiger partial charge in [0.25, 0.3) is 5.56 Å². The molecule has 37 heavy (non-hydrogen) atoms. The molecule has 0 radical (unpaired) electrons. The van der Waals surface area contributed by atoms with Gasteiger partial charge in [0.15, 0.2) is 0 Å². The van der Waals surface area contributed by atoms with Crippen molar-refractivity contribution in [2.24, 2.45) is 5.92 Å². The van der Waals surface area contributed by atoms with Gasteiger partial charge < -0.3 is 10.2 Å². The van der Waals surface area contributed by atoms with E-state index in [9.17, 15) is 19.2 Å². The molecule has 5 rings (SSSR count). The number of anilines is 2. The Labute approximate surface area is 212 Å². The number of aromatic nitrogens is 3. The van der Waals surface area contributed by atoms with Crippen LogP contribution in [0.15, 0.2) is 41.3 Å². The minimum Gasteiger partial charge on any atom is -0.357 e. The molecule has 188 valence electrons. The fraction of sp³-hybridized carbons (Fsp3) is 0.346. The maximum Gasteiger partial charge on any atom is 0.262 e. The molecule has 2 saturated heterocycles. The molecule has 2 N–H and O–H groups in total. The Balaban J connectivity index is 1.33. The first kappa shape index (κ1) is 24.1. The highest BCUT2D eigenvalue weighted by Crippen LogP contribution is 2.26. The highest BCUT2D eigenvalue weighted by molar-refractivity contribution is 6.02. The topological polar surface area (TPSA) is 150 Å². The standard InChI is InChI=1S/C26H25N7O4/c1-15-29-23-18(26(37)33(15)20-6-8-22(34)31-25(20)36)3-2-4-19(23)30-24(35)17-9-11-32(12-10-17)21-7-5-16(13-27)14-28-21/h2-5,7,14,17,20H,6,8-12H2,1H3,(H,30,35)(H,31,34,36). The number of carbonyl (C=O) groups is 3. The zero-order valence-electron chi connectivity index (χ0n) is 20.2. The molecule has 4 heterocycles. The highest BCUT2D eigenvalue weighted by Gasteiger charge is 2.31. The third kappa shape index (κ3) is 4.65. The molecule has 2 fully saturated rings. The van der Waals surface area contributed by atoms with Crippen LogP contribution < -0.4 is 21.1 Å². The molecule has 0 bridgehead atoms. The zero-order chi connectivity index (χ0) is 26.1. The number of pyridine rings is 1. The molecule has 0 spiro atoms. The summed E-state index contributed by atoms with van der Waals surface area (Å²) in [5, 5.41) is 14.5. The van der Waals surface area contributed by atoms with E-state index in [-0.39, 0.29) is 36.0 Å². The number of hydrogen-bond donors (Lipinski definition) is 2. The second-order valence-electron chi connectivity index (χ2n) is 9.27. The molecule has 0 aliphatic carbocycles. The van der Waals surface area contributed by atoms with Crippen LogP contribution in [0.4, 0.5) is 11.5 Å². The Kier molecular flexibility index (Phi) is 6.40. The maximum absolute atomic E-state index is 13.3. The van der Waals surface area contributed by atoms with Crippen LogP contribution in [0.3, 0.4) is 0 Å². The van der Waals surface area contributed by atoms with Gasteiger partial charge in [0.05, 0.1) is 16.6 Å². The Bertz CT molecular complexity index is 1500. The van der Waals surface area contributed by atoms with Gasteiger partial charge in [0, 0.05) is 31.6 Å². The van der Waals surface area contributed by atoms with Crippen LogP contribution in [0.5, 0.6) is 0 Å². The largest absolute Gasteiger partial charge is 0.357 e. The first-order valence-electron chi connectivity index (χ1n) is 12.1. The Morgan fingerprint density at radius 1 is 1.14 bits per heavy atom. The van der Waals surface area contributed by atoms with E-state index in [2.05, 4.69) is 31.6 Å². The molecule has 2 aliphatic rings. The van der Waals surface area contributed by atoms with Crippen LogP contribution in [0.2, 0.25) is 0 Å². The number of amides is 3. The third-order valence-electron chi connectivity index (χ3n) is 6.95. The van der Waals surface area contributed by atoms with E-state index in [1.54, 1.807) is 31.2 Å². The third-order valence-corrected chi connectivity index (χ3v) is 6.95. The van der Waals surface area contributed by atoms with Crippen molar-refractivity contribution in [1.82, 2.24) is 19.9 Å². The summed E-state index contributed by atoms with van der Waals surface area (Å²) >= 11 is 0. The van der Waals surface area contributed by atoms with Crippen molar-refractivity contribution in [3.8, 4) is 6.07 Å². The van der Waals surface area contributed by atoms with Gasteiger partial charge in [0.2, 0.25) is 17.7 Å². The smallest absolute Gasteiger partial charge is 0.262 e. The molecular formula is C26H25N7O4. The number of nitriles is 1. The van der Waals surface area contributed by atoms with Gasteiger partial charge in [-0.3, -0.25) is 29.1 Å². The minimum absolute atomic E-state index is 0.145. The van der Waals surface area contributed by atoms with E-state index in [0.717, 1.165) is 5.82 Å². The molecule has 11 nitrogen and oxygen atoms in total. The van der Waals surface area contributed by atoms with Crippen molar-refractivity contribution in [3.63, 3.8) is 0 Å². The van der Waals surface area contributed by atoms with Crippen LogP contribution >= 0.6 is 0 Å². The minimum atomic E-state index is -0.809. The van der Waals surface area contributed by atoms with Crippen molar-refractivity contribution >= 4 is 40.1 Å². The normalized spacial score (nSPS) is 18.4. The maximum atomic E-state index is 13.3. The number of fused-ring (bicyclic) bond motifs is 1. The van der Waals surface area contributed by atoms with Crippen molar-refractivity contribution in [2.75, 3.05) is 23.3 Å². The number of para-hydroxylation sites is 1. The lowest BCUT2D eigenvalue weighted by atomic mass is 9.95. The average Bonchev–Trinajstić information content (AvgIpc) is 2.90. The molecule has 11 heteroatoms. The van der Waals surface area contributed by atoms with E-state index in [4.69, 9.17) is 5.26 Å². The number of carbonyl (C=O) groups excluding carboxylic acids is 3. The lowest BCUT2D eigenvalue weighted by Crippen LogP contribution is -2.45. The second-order valence-corrected chi connectivity index (χ2v) is 9.27. The van der Waals surface area contributed by atoms with E-state index in [1.807, 2.05) is 6.07 Å². The van der Waals surface area contributed by atoms with Gasteiger partial charge in [-0.15, -0.1) is 0 Å². The second kappa shape index (κ2) is 9.81. The van der Waals surface area contributed by atoms with Gasteiger partial charge in [-0.1, -0.05) is 6.07 Å². The van der Waals surface area contributed by atoms with Crippen LogP contribution in [0.1, 0.15) is 43.1 Å². The van der Waals surface area contributed by atoms with Crippen molar-refractivity contribution in [2.45, 2.75) is 38.6 Å². The van der Waals surface area contributed by atoms with E-state index in [1.165, 1.54) is 10.8 Å². The Hall–Kier alpha value is -4.59. The summed E-state index contributed by atoms with van der Waals surface area (Å²) in [7, 11) is 0. The predicted molar refractivity (Wildman–Crippen MR) is 135 cm³/mol. The molecule has 1 atom stereocenters. The summed E-state index contributed by atoms with van der Waals surface area (Å²) in [6.07, 6.45) is 3.18. The monoisotopic (exact) mass is 499 g/mol. The van der Waals surface area contributed by atoms with Gasteiger partial charge in [-0.05, 0) is 50.5 Å². The molecule has 3 amide bonds. The lowest BCUT2D eigenvalue weighted by Gasteiger charge is -2.32. The van der Waals surface area contributed by atoms with Crippen molar-refractivity contribution in [1.29, 1.82) is 5.26 Å². The SMILES string of the molecule is Cc1nc2c(NC(=O)C3CCN(c4ccc(C#N)cn4)CC3)cccc2c(=O)n1C1CCC(=O)NC1=O. The summed E-state index contributed by atoms with van der Waals surface area (Å²) in [6.45, 7) is 2.94.